The van der Waals surface area contributed by atoms with Gasteiger partial charge in [-0.1, -0.05) is 82.7 Å². The average Bonchev–Trinajstić information content (AvgIpc) is 3.06. The topological polar surface area (TPSA) is 4.93 Å². The Balaban J connectivity index is 1.92. The fourth-order valence-electron chi connectivity index (χ4n) is 3.67. The minimum atomic E-state index is 1.10. The molecule has 2 heteroatoms. The first-order valence-corrected chi connectivity index (χ1v) is 9.45. The van der Waals surface area contributed by atoms with Crippen molar-refractivity contribution in [2.45, 2.75) is 0 Å². The SMILES string of the molecule is Brc1ccc2c(c1)cc(-c1ccccc1)n2-c1cccc2ccccc12. The predicted molar refractivity (Wildman–Crippen MR) is 114 cm³/mol. The van der Waals surface area contributed by atoms with E-state index < -0.39 is 0 Å². The van der Waals surface area contributed by atoms with Crippen molar-refractivity contribution in [2.24, 2.45) is 0 Å². The van der Waals surface area contributed by atoms with Crippen molar-refractivity contribution in [1.29, 1.82) is 0 Å². The standard InChI is InChI=1S/C24H16BrN/c25-20-13-14-22-19(15-20)16-24(18-8-2-1-3-9-18)26(22)23-12-6-10-17-7-4-5-11-21(17)23/h1-16H. The molecule has 5 aromatic rings. The van der Waals surface area contributed by atoms with Crippen LogP contribution in [0.25, 0.3) is 38.6 Å². The van der Waals surface area contributed by atoms with Crippen LogP contribution in [-0.4, -0.2) is 4.57 Å². The van der Waals surface area contributed by atoms with Crippen molar-refractivity contribution < 1.29 is 0 Å². The normalized spacial score (nSPS) is 11.3. The van der Waals surface area contributed by atoms with E-state index in [0.29, 0.717) is 0 Å². The third-order valence-electron chi connectivity index (χ3n) is 4.84. The van der Waals surface area contributed by atoms with Gasteiger partial charge in [-0.25, -0.2) is 0 Å². The predicted octanol–water partition coefficient (Wildman–Crippen LogP) is 7.21. The second-order valence-corrected chi connectivity index (χ2v) is 7.35. The number of hydrogen-bond donors (Lipinski definition) is 0. The van der Waals surface area contributed by atoms with Gasteiger partial charge in [-0.2, -0.15) is 0 Å². The van der Waals surface area contributed by atoms with Gasteiger partial charge in [-0.3, -0.25) is 0 Å². The number of hydrogen-bond acceptors (Lipinski definition) is 0. The second-order valence-electron chi connectivity index (χ2n) is 6.43. The number of benzene rings is 4. The van der Waals surface area contributed by atoms with Crippen LogP contribution in [0.5, 0.6) is 0 Å². The minimum absolute atomic E-state index is 1.10. The van der Waals surface area contributed by atoms with E-state index in [-0.39, 0.29) is 0 Å². The fraction of sp³-hybridized carbons (Fsp3) is 0. The lowest BCUT2D eigenvalue weighted by Gasteiger charge is -2.14. The molecule has 124 valence electrons. The summed E-state index contributed by atoms with van der Waals surface area (Å²) in [6.07, 6.45) is 0. The number of halogens is 1. The molecule has 0 fully saturated rings. The van der Waals surface area contributed by atoms with Crippen molar-refractivity contribution in [3.63, 3.8) is 0 Å². The van der Waals surface area contributed by atoms with Crippen LogP contribution >= 0.6 is 15.9 Å². The summed E-state index contributed by atoms with van der Waals surface area (Å²) in [5.41, 5.74) is 4.84. The monoisotopic (exact) mass is 397 g/mol. The second kappa shape index (κ2) is 6.15. The molecule has 0 aliphatic heterocycles. The first-order valence-electron chi connectivity index (χ1n) is 8.66. The zero-order chi connectivity index (χ0) is 17.5. The van der Waals surface area contributed by atoms with E-state index in [4.69, 9.17) is 0 Å². The van der Waals surface area contributed by atoms with E-state index in [1.165, 1.54) is 38.6 Å². The van der Waals surface area contributed by atoms with E-state index in [2.05, 4.69) is 118 Å². The Kier molecular flexibility index (Phi) is 3.65. The lowest BCUT2D eigenvalue weighted by Crippen LogP contribution is -1.97. The van der Waals surface area contributed by atoms with Gasteiger partial charge in [0.15, 0.2) is 0 Å². The number of nitrogens with zero attached hydrogens (tertiary/aromatic N) is 1. The van der Waals surface area contributed by atoms with Crippen molar-refractivity contribution in [1.82, 2.24) is 4.57 Å². The highest BCUT2D eigenvalue weighted by Gasteiger charge is 2.14. The summed E-state index contributed by atoms with van der Waals surface area (Å²) in [4.78, 5) is 0. The molecule has 0 aliphatic carbocycles. The third-order valence-corrected chi connectivity index (χ3v) is 5.33. The quantitative estimate of drug-likeness (QED) is 0.296. The molecule has 0 amide bonds. The molecule has 0 aliphatic rings. The van der Waals surface area contributed by atoms with Crippen molar-refractivity contribution in [2.75, 3.05) is 0 Å². The average molecular weight is 398 g/mol. The maximum absolute atomic E-state index is 3.61. The van der Waals surface area contributed by atoms with Crippen LogP contribution in [0.1, 0.15) is 0 Å². The molecule has 0 radical (unpaired) electrons. The van der Waals surface area contributed by atoms with Gasteiger partial charge in [0.05, 0.1) is 16.9 Å². The van der Waals surface area contributed by atoms with Crippen molar-refractivity contribution >= 4 is 37.6 Å². The smallest absolute Gasteiger partial charge is 0.0541 e. The lowest BCUT2D eigenvalue weighted by atomic mass is 10.1. The van der Waals surface area contributed by atoms with Crippen LogP contribution in [0.4, 0.5) is 0 Å². The Morgan fingerprint density at radius 1 is 0.615 bits per heavy atom. The molecule has 4 aromatic carbocycles. The molecule has 0 atom stereocenters. The highest BCUT2D eigenvalue weighted by molar-refractivity contribution is 9.10. The largest absolute Gasteiger partial charge is 0.309 e. The molecular weight excluding hydrogens is 382 g/mol. The number of rotatable bonds is 2. The molecule has 0 saturated heterocycles. The summed E-state index contributed by atoms with van der Waals surface area (Å²) >= 11 is 3.61. The van der Waals surface area contributed by atoms with Gasteiger partial charge in [0.25, 0.3) is 0 Å². The minimum Gasteiger partial charge on any atom is -0.309 e. The first-order chi connectivity index (χ1) is 12.8. The summed E-state index contributed by atoms with van der Waals surface area (Å²) in [6, 6.07) is 34.4. The molecule has 0 bridgehead atoms. The van der Waals surface area contributed by atoms with E-state index in [1.54, 1.807) is 0 Å². The van der Waals surface area contributed by atoms with Gasteiger partial charge in [-0.05, 0) is 41.3 Å². The van der Waals surface area contributed by atoms with Gasteiger partial charge in [-0.15, -0.1) is 0 Å². The van der Waals surface area contributed by atoms with Gasteiger partial charge in [0, 0.05) is 15.2 Å². The molecule has 0 saturated carbocycles. The highest BCUT2D eigenvalue weighted by Crippen LogP contribution is 2.35. The molecule has 1 heterocycles. The first kappa shape index (κ1) is 15.4. The van der Waals surface area contributed by atoms with Crippen LogP contribution < -0.4 is 0 Å². The Morgan fingerprint density at radius 3 is 2.27 bits per heavy atom. The third kappa shape index (κ3) is 2.46. The maximum atomic E-state index is 3.61. The maximum Gasteiger partial charge on any atom is 0.0541 e. The summed E-state index contributed by atoms with van der Waals surface area (Å²) < 4.78 is 3.47. The fourth-order valence-corrected chi connectivity index (χ4v) is 4.05. The molecule has 1 aromatic heterocycles. The zero-order valence-electron chi connectivity index (χ0n) is 14.1. The zero-order valence-corrected chi connectivity index (χ0v) is 15.6. The summed E-state index contributed by atoms with van der Waals surface area (Å²) in [5, 5.41) is 3.74. The molecule has 0 N–H and O–H groups in total. The highest BCUT2D eigenvalue weighted by atomic mass is 79.9. The van der Waals surface area contributed by atoms with Gasteiger partial charge in [0.1, 0.15) is 0 Å². The molecule has 5 rings (SSSR count). The molecule has 26 heavy (non-hydrogen) atoms. The summed E-state index contributed by atoms with van der Waals surface area (Å²) in [5.74, 6) is 0. The number of fused-ring (bicyclic) bond motifs is 2. The molecular formula is C24H16BrN. The Bertz CT molecular complexity index is 1230. The van der Waals surface area contributed by atoms with Gasteiger partial charge < -0.3 is 4.57 Å². The van der Waals surface area contributed by atoms with Crippen LogP contribution in [-0.2, 0) is 0 Å². The van der Waals surface area contributed by atoms with Crippen LogP contribution in [0, 0.1) is 0 Å². The van der Waals surface area contributed by atoms with Gasteiger partial charge in [0.2, 0.25) is 0 Å². The summed E-state index contributed by atoms with van der Waals surface area (Å²) in [7, 11) is 0. The lowest BCUT2D eigenvalue weighted by molar-refractivity contribution is 1.15. The Labute approximate surface area is 160 Å². The van der Waals surface area contributed by atoms with E-state index in [9.17, 15) is 0 Å². The van der Waals surface area contributed by atoms with E-state index >= 15 is 0 Å². The van der Waals surface area contributed by atoms with E-state index in [0.717, 1.165) is 4.47 Å². The summed E-state index contributed by atoms with van der Waals surface area (Å²) in [6.45, 7) is 0. The van der Waals surface area contributed by atoms with Crippen LogP contribution in [0.3, 0.4) is 0 Å². The molecule has 0 unspecified atom stereocenters. The molecule has 0 spiro atoms. The van der Waals surface area contributed by atoms with E-state index in [1.807, 2.05) is 0 Å². The van der Waals surface area contributed by atoms with Crippen molar-refractivity contribution in [3.05, 3.63) is 102 Å². The number of aromatic nitrogens is 1. The van der Waals surface area contributed by atoms with Crippen LogP contribution in [0.15, 0.2) is 102 Å². The Hall–Kier alpha value is -2.84. The molecule has 1 nitrogen and oxygen atoms in total. The Morgan fingerprint density at radius 2 is 1.38 bits per heavy atom. The van der Waals surface area contributed by atoms with Gasteiger partial charge >= 0.3 is 0 Å². The van der Waals surface area contributed by atoms with Crippen LogP contribution in [0.2, 0.25) is 0 Å². The van der Waals surface area contributed by atoms with Crippen molar-refractivity contribution in [3.8, 4) is 16.9 Å².